The Labute approximate surface area is 183 Å². The SMILES string of the molecule is CCc1cccc(CC)c1NC(=S)N1CCn2cccc2C1c1ccc(Cl)cc1. The molecule has 0 spiro atoms. The Kier molecular flexibility index (Phi) is 5.93. The Hall–Kier alpha value is -2.30. The average molecular weight is 424 g/mol. The minimum atomic E-state index is 0.0647. The van der Waals surface area contributed by atoms with Gasteiger partial charge in [0, 0.05) is 35.7 Å². The van der Waals surface area contributed by atoms with Gasteiger partial charge in [0.15, 0.2) is 5.11 Å². The second kappa shape index (κ2) is 8.60. The second-order valence-electron chi connectivity index (χ2n) is 7.36. The average Bonchev–Trinajstić information content (AvgIpc) is 3.22. The van der Waals surface area contributed by atoms with Crippen LogP contribution in [-0.4, -0.2) is 21.1 Å². The zero-order valence-corrected chi connectivity index (χ0v) is 18.4. The maximum Gasteiger partial charge on any atom is 0.174 e. The van der Waals surface area contributed by atoms with Gasteiger partial charge >= 0.3 is 0 Å². The fourth-order valence-electron chi connectivity index (χ4n) is 4.18. The molecule has 1 aliphatic heterocycles. The molecule has 1 aromatic heterocycles. The quantitative estimate of drug-likeness (QED) is 0.514. The summed E-state index contributed by atoms with van der Waals surface area (Å²) in [6, 6.07) is 19.0. The fraction of sp³-hybridized carbons (Fsp3) is 0.292. The molecular weight excluding hydrogens is 398 g/mol. The summed E-state index contributed by atoms with van der Waals surface area (Å²) >= 11 is 12.1. The Morgan fingerprint density at radius 1 is 1.00 bits per heavy atom. The van der Waals surface area contributed by atoms with Gasteiger partial charge in [-0.1, -0.05) is 55.8 Å². The number of benzene rings is 2. The van der Waals surface area contributed by atoms with Gasteiger partial charge in [0.1, 0.15) is 0 Å². The van der Waals surface area contributed by atoms with Crippen molar-refractivity contribution >= 4 is 34.6 Å². The van der Waals surface area contributed by atoms with Crippen LogP contribution in [0.5, 0.6) is 0 Å². The summed E-state index contributed by atoms with van der Waals surface area (Å²) in [6.07, 6.45) is 4.10. The monoisotopic (exact) mass is 423 g/mol. The Bertz CT molecular complexity index is 987. The number of rotatable bonds is 4. The number of anilines is 1. The summed E-state index contributed by atoms with van der Waals surface area (Å²) in [5.74, 6) is 0. The molecule has 150 valence electrons. The molecule has 0 radical (unpaired) electrons. The normalized spacial score (nSPS) is 15.8. The molecule has 1 atom stereocenters. The first-order chi connectivity index (χ1) is 14.1. The van der Waals surface area contributed by atoms with Gasteiger partial charge in [-0.2, -0.15) is 0 Å². The molecule has 0 saturated heterocycles. The zero-order chi connectivity index (χ0) is 20.4. The highest BCUT2D eigenvalue weighted by Gasteiger charge is 2.30. The van der Waals surface area contributed by atoms with E-state index in [2.05, 4.69) is 77.3 Å². The van der Waals surface area contributed by atoms with Crippen LogP contribution in [0.4, 0.5) is 5.69 Å². The van der Waals surface area contributed by atoms with Crippen molar-refractivity contribution in [3.63, 3.8) is 0 Å². The van der Waals surface area contributed by atoms with Crippen LogP contribution in [0.2, 0.25) is 5.02 Å². The van der Waals surface area contributed by atoms with Crippen molar-refractivity contribution in [2.24, 2.45) is 0 Å². The summed E-state index contributed by atoms with van der Waals surface area (Å²) in [5.41, 5.74) is 6.21. The van der Waals surface area contributed by atoms with Crippen LogP contribution in [0.1, 0.15) is 42.3 Å². The summed E-state index contributed by atoms with van der Waals surface area (Å²) in [6.45, 7) is 6.15. The van der Waals surface area contributed by atoms with Crippen molar-refractivity contribution in [3.05, 3.63) is 88.2 Å². The zero-order valence-electron chi connectivity index (χ0n) is 16.9. The lowest BCUT2D eigenvalue weighted by atomic mass is 10.00. The number of nitrogens with zero attached hydrogens (tertiary/aromatic N) is 2. The van der Waals surface area contributed by atoms with Gasteiger partial charge in [0.2, 0.25) is 0 Å². The van der Waals surface area contributed by atoms with Crippen LogP contribution < -0.4 is 5.32 Å². The molecule has 0 saturated carbocycles. The van der Waals surface area contributed by atoms with Crippen molar-refractivity contribution in [3.8, 4) is 0 Å². The van der Waals surface area contributed by atoms with Gasteiger partial charge in [-0.25, -0.2) is 0 Å². The van der Waals surface area contributed by atoms with Gasteiger partial charge in [0.05, 0.1) is 6.04 Å². The molecule has 2 aromatic carbocycles. The Morgan fingerprint density at radius 2 is 1.69 bits per heavy atom. The van der Waals surface area contributed by atoms with E-state index >= 15 is 0 Å². The van der Waals surface area contributed by atoms with Crippen molar-refractivity contribution in [2.45, 2.75) is 39.3 Å². The molecular formula is C24H26ClN3S. The number of fused-ring (bicyclic) bond motifs is 1. The number of hydrogen-bond acceptors (Lipinski definition) is 1. The van der Waals surface area contributed by atoms with Crippen LogP contribution in [0.15, 0.2) is 60.8 Å². The molecule has 0 amide bonds. The molecule has 2 heterocycles. The van der Waals surface area contributed by atoms with Crippen molar-refractivity contribution in [1.29, 1.82) is 0 Å². The van der Waals surface area contributed by atoms with E-state index in [-0.39, 0.29) is 6.04 Å². The molecule has 0 bridgehead atoms. The third-order valence-electron chi connectivity index (χ3n) is 5.72. The van der Waals surface area contributed by atoms with Crippen molar-refractivity contribution < 1.29 is 0 Å². The summed E-state index contributed by atoms with van der Waals surface area (Å²) < 4.78 is 2.32. The molecule has 3 nitrogen and oxygen atoms in total. The first-order valence-corrected chi connectivity index (χ1v) is 11.0. The van der Waals surface area contributed by atoms with E-state index in [1.165, 1.54) is 28.1 Å². The lowest BCUT2D eigenvalue weighted by molar-refractivity contribution is 0.293. The smallest absolute Gasteiger partial charge is 0.174 e. The number of aromatic nitrogens is 1. The predicted octanol–water partition coefficient (Wildman–Crippen LogP) is 6.07. The van der Waals surface area contributed by atoms with Crippen LogP contribution in [0.3, 0.4) is 0 Å². The van der Waals surface area contributed by atoms with E-state index < -0.39 is 0 Å². The maximum absolute atomic E-state index is 6.15. The predicted molar refractivity (Wildman–Crippen MR) is 126 cm³/mol. The van der Waals surface area contributed by atoms with Crippen LogP contribution >= 0.6 is 23.8 Å². The second-order valence-corrected chi connectivity index (χ2v) is 8.19. The van der Waals surface area contributed by atoms with Gasteiger partial charge in [0.25, 0.3) is 0 Å². The third-order valence-corrected chi connectivity index (χ3v) is 6.30. The lowest BCUT2D eigenvalue weighted by Crippen LogP contribution is -2.44. The van der Waals surface area contributed by atoms with E-state index in [0.29, 0.717) is 0 Å². The summed E-state index contributed by atoms with van der Waals surface area (Å²) in [7, 11) is 0. The Balaban J connectivity index is 1.70. The highest BCUT2D eigenvalue weighted by Crippen LogP contribution is 2.34. The minimum absolute atomic E-state index is 0.0647. The van der Waals surface area contributed by atoms with E-state index in [1.54, 1.807) is 0 Å². The molecule has 29 heavy (non-hydrogen) atoms. The van der Waals surface area contributed by atoms with Gasteiger partial charge in [-0.05, 0) is 66.0 Å². The van der Waals surface area contributed by atoms with E-state index in [9.17, 15) is 0 Å². The van der Waals surface area contributed by atoms with E-state index in [0.717, 1.165) is 36.1 Å². The van der Waals surface area contributed by atoms with E-state index in [4.69, 9.17) is 23.8 Å². The maximum atomic E-state index is 6.15. The van der Waals surface area contributed by atoms with Gasteiger partial charge < -0.3 is 14.8 Å². The van der Waals surface area contributed by atoms with Crippen LogP contribution in [0.25, 0.3) is 0 Å². The van der Waals surface area contributed by atoms with E-state index in [1.807, 2.05) is 12.1 Å². The van der Waals surface area contributed by atoms with Crippen LogP contribution in [-0.2, 0) is 19.4 Å². The Morgan fingerprint density at radius 3 is 2.34 bits per heavy atom. The third kappa shape index (κ3) is 3.92. The molecule has 3 aromatic rings. The number of nitrogens with one attached hydrogen (secondary N) is 1. The molecule has 0 aliphatic carbocycles. The van der Waals surface area contributed by atoms with Gasteiger partial charge in [-0.15, -0.1) is 0 Å². The molecule has 1 aliphatic rings. The molecule has 0 fully saturated rings. The van der Waals surface area contributed by atoms with Crippen LogP contribution in [0, 0.1) is 0 Å². The fourth-order valence-corrected chi connectivity index (χ4v) is 4.60. The van der Waals surface area contributed by atoms with Gasteiger partial charge in [-0.3, -0.25) is 0 Å². The number of halogens is 1. The highest BCUT2D eigenvalue weighted by atomic mass is 35.5. The first-order valence-electron chi connectivity index (χ1n) is 10.2. The lowest BCUT2D eigenvalue weighted by Gasteiger charge is -2.39. The largest absolute Gasteiger partial charge is 0.348 e. The molecule has 1 unspecified atom stereocenters. The van der Waals surface area contributed by atoms with Crippen molar-refractivity contribution in [1.82, 2.24) is 9.47 Å². The summed E-state index contributed by atoms with van der Waals surface area (Å²) in [4.78, 5) is 2.31. The number of hydrogen-bond donors (Lipinski definition) is 1. The molecule has 5 heteroatoms. The molecule has 4 rings (SSSR count). The first kappa shape index (κ1) is 20.0. The number of aryl methyl sites for hydroxylation is 2. The molecule has 1 N–H and O–H groups in total. The van der Waals surface area contributed by atoms with Crippen molar-refractivity contribution in [2.75, 3.05) is 11.9 Å². The highest BCUT2D eigenvalue weighted by molar-refractivity contribution is 7.80. The summed E-state index contributed by atoms with van der Waals surface area (Å²) in [5, 5.41) is 5.13. The standard InChI is InChI=1S/C24H26ClN3S/c1-3-17-7-5-8-18(4-2)22(17)26-24(29)28-16-15-27-14-6-9-21(27)23(28)19-10-12-20(25)13-11-19/h5-14,23H,3-4,15-16H2,1-2H3,(H,26,29). The minimum Gasteiger partial charge on any atom is -0.348 e. The number of thiocarbonyl (C=S) groups is 1. The number of para-hydroxylation sites is 1. The topological polar surface area (TPSA) is 20.2 Å².